The fraction of sp³-hybridized carbons (Fsp3) is 0.333. The Morgan fingerprint density at radius 1 is 1.38 bits per heavy atom. The summed E-state index contributed by atoms with van der Waals surface area (Å²) < 4.78 is 0. The van der Waals surface area contributed by atoms with Crippen molar-refractivity contribution < 1.29 is 0 Å². The van der Waals surface area contributed by atoms with Gasteiger partial charge >= 0.3 is 0 Å². The van der Waals surface area contributed by atoms with E-state index in [0.29, 0.717) is 0 Å². The van der Waals surface area contributed by atoms with Gasteiger partial charge in [-0.25, -0.2) is 0 Å². The Kier molecular flexibility index (Phi) is 6.42. The van der Waals surface area contributed by atoms with Gasteiger partial charge < -0.3 is 0 Å². The van der Waals surface area contributed by atoms with Gasteiger partial charge in [-0.1, -0.05) is 30.6 Å². The van der Waals surface area contributed by atoms with Gasteiger partial charge in [0.1, 0.15) is 0 Å². The highest BCUT2D eigenvalue weighted by Crippen LogP contribution is 1.87. The standard InChI is InChI=1S/C12H15N/c1-5-9-12(2)10-7-6-8-11-13(3)4/h5,9H,1,11H2,2-4H3/b12-9+. The smallest absolute Gasteiger partial charge is 0.0606 e. The third-order valence-corrected chi connectivity index (χ3v) is 1.17. The highest BCUT2D eigenvalue weighted by molar-refractivity contribution is 5.37. The van der Waals surface area contributed by atoms with Crippen molar-refractivity contribution in [2.45, 2.75) is 6.92 Å². The lowest BCUT2D eigenvalue weighted by Gasteiger charge is -1.99. The first-order chi connectivity index (χ1) is 6.16. The zero-order valence-electron chi connectivity index (χ0n) is 8.52. The Bertz CT molecular complexity index is 299. The number of allylic oxidation sites excluding steroid dienone is 3. The minimum atomic E-state index is 0.749. The summed E-state index contributed by atoms with van der Waals surface area (Å²) in [5.41, 5.74) is 0.981. The first-order valence-corrected chi connectivity index (χ1v) is 4.09. The van der Waals surface area contributed by atoms with E-state index in [9.17, 15) is 0 Å². The molecule has 0 aliphatic rings. The molecule has 0 saturated carbocycles. The normalized spacial score (nSPS) is 9.69. The summed E-state index contributed by atoms with van der Waals surface area (Å²) in [4.78, 5) is 2.00. The van der Waals surface area contributed by atoms with E-state index in [1.165, 1.54) is 0 Å². The molecule has 0 fully saturated rings. The van der Waals surface area contributed by atoms with Crippen LogP contribution in [0.25, 0.3) is 0 Å². The minimum absolute atomic E-state index is 0.749. The maximum absolute atomic E-state index is 3.58. The largest absolute Gasteiger partial charge is 0.298 e. The van der Waals surface area contributed by atoms with E-state index in [4.69, 9.17) is 0 Å². The van der Waals surface area contributed by atoms with Crippen LogP contribution >= 0.6 is 0 Å². The van der Waals surface area contributed by atoms with E-state index >= 15 is 0 Å². The van der Waals surface area contributed by atoms with Crippen molar-refractivity contribution in [3.05, 3.63) is 24.3 Å². The molecule has 0 spiro atoms. The zero-order chi connectivity index (χ0) is 10.1. The van der Waals surface area contributed by atoms with Crippen LogP contribution in [0.1, 0.15) is 6.92 Å². The minimum Gasteiger partial charge on any atom is -0.298 e. The Morgan fingerprint density at radius 2 is 2.08 bits per heavy atom. The number of hydrogen-bond donors (Lipinski definition) is 0. The summed E-state index contributed by atoms with van der Waals surface area (Å²) in [5, 5.41) is 0. The van der Waals surface area contributed by atoms with Gasteiger partial charge in [-0.2, -0.15) is 0 Å². The van der Waals surface area contributed by atoms with E-state index in [-0.39, 0.29) is 0 Å². The van der Waals surface area contributed by atoms with E-state index in [2.05, 4.69) is 30.3 Å². The molecule has 1 heteroatoms. The second kappa shape index (κ2) is 7.22. The van der Waals surface area contributed by atoms with Crippen molar-refractivity contribution in [3.63, 3.8) is 0 Å². The molecule has 0 aromatic carbocycles. The maximum atomic E-state index is 3.58. The van der Waals surface area contributed by atoms with Crippen LogP contribution in [0.15, 0.2) is 24.3 Å². The second-order valence-electron chi connectivity index (χ2n) is 2.87. The topological polar surface area (TPSA) is 3.24 Å². The van der Waals surface area contributed by atoms with Gasteiger partial charge in [-0.3, -0.25) is 4.90 Å². The van der Waals surface area contributed by atoms with Crippen LogP contribution in [-0.2, 0) is 0 Å². The molecule has 68 valence electrons. The molecule has 0 aliphatic heterocycles. The molecule has 13 heavy (non-hydrogen) atoms. The Hall–Kier alpha value is -1.44. The van der Waals surface area contributed by atoms with Gasteiger partial charge in [-0.05, 0) is 38.4 Å². The van der Waals surface area contributed by atoms with E-state index in [1.807, 2.05) is 32.0 Å². The van der Waals surface area contributed by atoms with E-state index in [1.54, 1.807) is 6.08 Å². The van der Waals surface area contributed by atoms with E-state index in [0.717, 1.165) is 12.1 Å². The highest BCUT2D eigenvalue weighted by atomic mass is 15.0. The molecule has 0 saturated heterocycles. The molecule has 0 atom stereocenters. The van der Waals surface area contributed by atoms with Gasteiger partial charge in [-0.15, -0.1) is 0 Å². The first-order valence-electron chi connectivity index (χ1n) is 4.09. The zero-order valence-corrected chi connectivity index (χ0v) is 8.52. The molecule has 0 aliphatic carbocycles. The quantitative estimate of drug-likeness (QED) is 0.453. The lowest BCUT2D eigenvalue weighted by molar-refractivity contribution is 0.464. The predicted octanol–water partition coefficient (Wildman–Crippen LogP) is 1.69. The molecule has 0 heterocycles. The fourth-order valence-electron chi connectivity index (χ4n) is 0.590. The van der Waals surface area contributed by atoms with Gasteiger partial charge in [0.25, 0.3) is 0 Å². The highest BCUT2D eigenvalue weighted by Gasteiger charge is 1.78. The van der Waals surface area contributed by atoms with Crippen molar-refractivity contribution in [3.8, 4) is 23.7 Å². The van der Waals surface area contributed by atoms with Crippen LogP contribution in [0.5, 0.6) is 0 Å². The molecule has 0 N–H and O–H groups in total. The molecule has 0 unspecified atom stereocenters. The molecule has 0 aromatic heterocycles. The van der Waals surface area contributed by atoms with Crippen molar-refractivity contribution in [1.29, 1.82) is 0 Å². The lowest BCUT2D eigenvalue weighted by atomic mass is 10.3. The van der Waals surface area contributed by atoms with Crippen LogP contribution in [0.3, 0.4) is 0 Å². The van der Waals surface area contributed by atoms with Crippen LogP contribution < -0.4 is 0 Å². The summed E-state index contributed by atoms with van der Waals surface area (Å²) in [6, 6.07) is 0. The summed E-state index contributed by atoms with van der Waals surface area (Å²) in [6.45, 7) is 6.26. The van der Waals surface area contributed by atoms with E-state index < -0.39 is 0 Å². The Labute approximate surface area is 81.1 Å². The van der Waals surface area contributed by atoms with Gasteiger partial charge in [0, 0.05) is 0 Å². The molecular weight excluding hydrogens is 158 g/mol. The lowest BCUT2D eigenvalue weighted by Crippen LogP contribution is -2.10. The maximum Gasteiger partial charge on any atom is 0.0606 e. The molecule has 0 rings (SSSR count). The second-order valence-corrected chi connectivity index (χ2v) is 2.87. The predicted molar refractivity (Wildman–Crippen MR) is 58.1 cm³/mol. The van der Waals surface area contributed by atoms with Crippen molar-refractivity contribution in [2.75, 3.05) is 20.6 Å². The van der Waals surface area contributed by atoms with Crippen LogP contribution in [0.4, 0.5) is 0 Å². The molecule has 0 aromatic rings. The summed E-state index contributed by atoms with van der Waals surface area (Å²) in [5.74, 6) is 11.4. The molecule has 0 bridgehead atoms. The van der Waals surface area contributed by atoms with Crippen molar-refractivity contribution >= 4 is 0 Å². The summed E-state index contributed by atoms with van der Waals surface area (Å²) in [7, 11) is 3.95. The monoisotopic (exact) mass is 173 g/mol. The Morgan fingerprint density at radius 3 is 2.62 bits per heavy atom. The van der Waals surface area contributed by atoms with Gasteiger partial charge in [0.15, 0.2) is 0 Å². The average molecular weight is 173 g/mol. The SMILES string of the molecule is C=C/C=C(\C)C#CC#CCN(C)C. The first kappa shape index (κ1) is 11.6. The van der Waals surface area contributed by atoms with Crippen LogP contribution in [0, 0.1) is 23.7 Å². The molecular formula is C12H15N. The van der Waals surface area contributed by atoms with Gasteiger partial charge in [0.2, 0.25) is 0 Å². The van der Waals surface area contributed by atoms with Crippen molar-refractivity contribution in [1.82, 2.24) is 4.90 Å². The summed E-state index contributed by atoms with van der Waals surface area (Å²) >= 11 is 0. The van der Waals surface area contributed by atoms with Crippen LogP contribution in [0.2, 0.25) is 0 Å². The molecule has 0 radical (unpaired) electrons. The van der Waals surface area contributed by atoms with Gasteiger partial charge in [0.05, 0.1) is 6.54 Å². The third kappa shape index (κ3) is 8.47. The fourth-order valence-corrected chi connectivity index (χ4v) is 0.590. The summed E-state index contributed by atoms with van der Waals surface area (Å²) in [6.07, 6.45) is 3.58. The third-order valence-electron chi connectivity index (χ3n) is 1.17. The van der Waals surface area contributed by atoms with Crippen LogP contribution in [-0.4, -0.2) is 25.5 Å². The number of nitrogens with zero attached hydrogens (tertiary/aromatic N) is 1. The molecule has 1 nitrogen and oxygen atoms in total. The number of rotatable bonds is 2. The number of hydrogen-bond acceptors (Lipinski definition) is 1. The Balaban J connectivity index is 4.03. The average Bonchev–Trinajstić information content (AvgIpc) is 2.03. The van der Waals surface area contributed by atoms with Crippen molar-refractivity contribution in [2.24, 2.45) is 0 Å². The molecule has 0 amide bonds.